The largest absolute Gasteiger partial charge is 0.289 e. The molecule has 0 amide bonds. The summed E-state index contributed by atoms with van der Waals surface area (Å²) >= 11 is 8.52. The lowest BCUT2D eigenvalue weighted by Crippen LogP contribution is -2.26. The van der Waals surface area contributed by atoms with Gasteiger partial charge < -0.3 is 0 Å². The van der Waals surface area contributed by atoms with Crippen LogP contribution in [0.15, 0.2) is 40.9 Å². The highest BCUT2D eigenvalue weighted by molar-refractivity contribution is 7.93. The van der Waals surface area contributed by atoms with Crippen molar-refractivity contribution >= 4 is 31.3 Å². The summed E-state index contributed by atoms with van der Waals surface area (Å²) in [7, 11) is 0. The van der Waals surface area contributed by atoms with Crippen molar-refractivity contribution < 1.29 is 0 Å². The molecule has 0 saturated heterocycles. The highest BCUT2D eigenvalue weighted by Gasteiger charge is 2.19. The molecule has 1 atom stereocenters. The van der Waals surface area contributed by atoms with Gasteiger partial charge in [0.25, 0.3) is 0 Å². The maximum atomic E-state index is 4.76. The van der Waals surface area contributed by atoms with Gasteiger partial charge in [0.15, 0.2) is 0 Å². The second kappa shape index (κ2) is 7.36. The fraction of sp³-hybridized carbons (Fsp3) is 0.533. The van der Waals surface area contributed by atoms with Crippen molar-refractivity contribution in [2.24, 2.45) is 10.9 Å². The standard InChI is InChI=1S/C15H22N2S2/c1-12-3-2-4-13(6-5-12)11-16-14-7-9-15(10-8-14)17(18)19/h2-6,12,15,18-19H,7-11H2,1H3. The number of aliphatic imine (C=N–C) groups is 1. The number of hydrogen-bond acceptors (Lipinski definition) is 4. The number of hydrogen-bond donors (Lipinski definition) is 2. The van der Waals surface area contributed by atoms with Gasteiger partial charge in [0.2, 0.25) is 0 Å². The van der Waals surface area contributed by atoms with Gasteiger partial charge >= 0.3 is 0 Å². The minimum absolute atomic E-state index is 0.478. The summed E-state index contributed by atoms with van der Waals surface area (Å²) in [6, 6.07) is 0.478. The lowest BCUT2D eigenvalue weighted by Gasteiger charge is -2.26. The van der Waals surface area contributed by atoms with E-state index < -0.39 is 0 Å². The molecule has 19 heavy (non-hydrogen) atoms. The molecule has 0 aromatic carbocycles. The van der Waals surface area contributed by atoms with E-state index >= 15 is 0 Å². The van der Waals surface area contributed by atoms with E-state index in [-0.39, 0.29) is 0 Å². The Labute approximate surface area is 127 Å². The van der Waals surface area contributed by atoms with Crippen molar-refractivity contribution in [2.45, 2.75) is 38.6 Å². The summed E-state index contributed by atoms with van der Waals surface area (Å²) < 4.78 is 1.74. The zero-order valence-electron chi connectivity index (χ0n) is 11.4. The molecule has 0 aromatic rings. The number of rotatable bonds is 3. The molecular weight excluding hydrogens is 272 g/mol. The minimum atomic E-state index is 0.478. The SMILES string of the molecule is CC1C=CC=C(CN=C2CCC(N(S)S)CC2)C=C1. The molecule has 0 bridgehead atoms. The van der Waals surface area contributed by atoms with Crippen LogP contribution in [0.2, 0.25) is 0 Å². The van der Waals surface area contributed by atoms with Crippen molar-refractivity contribution in [1.29, 1.82) is 0 Å². The van der Waals surface area contributed by atoms with Gasteiger partial charge in [0.05, 0.1) is 6.54 Å². The molecule has 2 aliphatic carbocycles. The van der Waals surface area contributed by atoms with E-state index in [4.69, 9.17) is 4.99 Å². The van der Waals surface area contributed by atoms with Gasteiger partial charge in [-0.15, -0.1) is 0 Å². The molecule has 1 saturated carbocycles. The van der Waals surface area contributed by atoms with Gasteiger partial charge in [-0.05, 0) is 37.2 Å². The molecule has 1 unspecified atom stereocenters. The van der Waals surface area contributed by atoms with Crippen LogP contribution in [0.3, 0.4) is 0 Å². The topological polar surface area (TPSA) is 15.6 Å². The Morgan fingerprint density at radius 2 is 2.00 bits per heavy atom. The van der Waals surface area contributed by atoms with Crippen LogP contribution in [0.4, 0.5) is 0 Å². The Bertz CT molecular complexity index is 412. The smallest absolute Gasteiger partial charge is 0.0639 e. The molecule has 104 valence electrons. The minimum Gasteiger partial charge on any atom is -0.289 e. The van der Waals surface area contributed by atoms with E-state index in [0.717, 1.165) is 32.2 Å². The van der Waals surface area contributed by atoms with Crippen LogP contribution in [0.1, 0.15) is 32.6 Å². The van der Waals surface area contributed by atoms with Crippen LogP contribution in [-0.4, -0.2) is 22.0 Å². The molecule has 0 heterocycles. The van der Waals surface area contributed by atoms with E-state index in [1.807, 2.05) is 0 Å². The van der Waals surface area contributed by atoms with Crippen LogP contribution in [-0.2, 0) is 0 Å². The summed E-state index contributed by atoms with van der Waals surface area (Å²) in [5.41, 5.74) is 2.63. The zero-order valence-corrected chi connectivity index (χ0v) is 13.2. The third-order valence-corrected chi connectivity index (χ3v) is 4.34. The molecule has 0 aromatic heterocycles. The third kappa shape index (κ3) is 4.86. The zero-order chi connectivity index (χ0) is 13.7. The number of allylic oxidation sites excluding steroid dienone is 4. The second-order valence-corrected chi connectivity index (χ2v) is 6.46. The molecule has 0 aliphatic heterocycles. The fourth-order valence-corrected chi connectivity index (χ4v) is 2.84. The monoisotopic (exact) mass is 294 g/mol. The van der Waals surface area contributed by atoms with Crippen molar-refractivity contribution in [3.63, 3.8) is 0 Å². The van der Waals surface area contributed by atoms with E-state index in [1.165, 1.54) is 11.3 Å². The van der Waals surface area contributed by atoms with Crippen molar-refractivity contribution in [3.8, 4) is 0 Å². The van der Waals surface area contributed by atoms with Crippen molar-refractivity contribution in [1.82, 2.24) is 3.71 Å². The quantitative estimate of drug-likeness (QED) is 0.750. The molecule has 2 aliphatic rings. The van der Waals surface area contributed by atoms with E-state index in [1.54, 1.807) is 3.71 Å². The molecule has 4 heteroatoms. The Balaban J connectivity index is 1.85. The lowest BCUT2D eigenvalue weighted by molar-refractivity contribution is 0.442. The fourth-order valence-electron chi connectivity index (χ4n) is 2.38. The van der Waals surface area contributed by atoms with Crippen LogP contribution in [0.25, 0.3) is 0 Å². The van der Waals surface area contributed by atoms with E-state index in [9.17, 15) is 0 Å². The van der Waals surface area contributed by atoms with Crippen LogP contribution >= 0.6 is 25.6 Å². The maximum absolute atomic E-state index is 4.76. The number of nitrogens with zero attached hydrogens (tertiary/aromatic N) is 2. The molecule has 2 rings (SSSR count). The van der Waals surface area contributed by atoms with Gasteiger partial charge in [-0.3, -0.25) is 4.99 Å². The summed E-state index contributed by atoms with van der Waals surface area (Å²) in [5, 5.41) is 0. The molecule has 2 nitrogen and oxygen atoms in total. The van der Waals surface area contributed by atoms with Gasteiger partial charge in [-0.25, -0.2) is 0 Å². The average Bonchev–Trinajstić information content (AvgIpc) is 2.61. The number of thiol groups is 2. The maximum Gasteiger partial charge on any atom is 0.0639 e. The van der Waals surface area contributed by atoms with Gasteiger partial charge in [0.1, 0.15) is 0 Å². The molecule has 1 fully saturated rings. The van der Waals surface area contributed by atoms with Gasteiger partial charge in [0, 0.05) is 11.8 Å². The summed E-state index contributed by atoms with van der Waals surface area (Å²) in [5.74, 6) is 0.522. The average molecular weight is 294 g/mol. The molecule has 0 spiro atoms. The predicted octanol–water partition coefficient (Wildman–Crippen LogP) is 4.05. The van der Waals surface area contributed by atoms with Gasteiger partial charge in [-0.1, -0.05) is 62.9 Å². The first-order valence-electron chi connectivity index (χ1n) is 6.90. The predicted molar refractivity (Wildman–Crippen MR) is 89.9 cm³/mol. The molecule has 0 N–H and O–H groups in total. The van der Waals surface area contributed by atoms with Crippen LogP contribution in [0.5, 0.6) is 0 Å². The Morgan fingerprint density at radius 1 is 1.26 bits per heavy atom. The third-order valence-electron chi connectivity index (χ3n) is 3.68. The normalized spacial score (nSPS) is 27.4. The first-order chi connectivity index (χ1) is 9.15. The van der Waals surface area contributed by atoms with Gasteiger partial charge in [-0.2, -0.15) is 3.71 Å². The first kappa shape index (κ1) is 14.9. The van der Waals surface area contributed by atoms with E-state index in [2.05, 4.69) is 62.9 Å². The molecule has 0 radical (unpaired) electrons. The second-order valence-electron chi connectivity index (χ2n) is 5.28. The Morgan fingerprint density at radius 3 is 2.68 bits per heavy atom. The Kier molecular flexibility index (Phi) is 5.79. The van der Waals surface area contributed by atoms with Crippen molar-refractivity contribution in [3.05, 3.63) is 36.0 Å². The first-order valence-corrected chi connectivity index (χ1v) is 7.70. The van der Waals surface area contributed by atoms with Crippen molar-refractivity contribution in [2.75, 3.05) is 6.54 Å². The lowest BCUT2D eigenvalue weighted by atomic mass is 9.94. The Hall–Kier alpha value is -0.450. The summed E-state index contributed by atoms with van der Waals surface area (Å²) in [6.45, 7) is 3.00. The highest BCUT2D eigenvalue weighted by atomic mass is 32.2. The van der Waals surface area contributed by atoms with E-state index in [0.29, 0.717) is 12.0 Å². The summed E-state index contributed by atoms with van der Waals surface area (Å²) in [6.07, 6.45) is 15.3. The molecular formula is C15H22N2S2. The summed E-state index contributed by atoms with van der Waals surface area (Å²) in [4.78, 5) is 4.76. The van der Waals surface area contributed by atoms with Crippen LogP contribution < -0.4 is 0 Å². The van der Waals surface area contributed by atoms with Crippen LogP contribution in [0, 0.1) is 5.92 Å². The highest BCUT2D eigenvalue weighted by Crippen LogP contribution is 2.24.